The Labute approximate surface area is 121 Å². The van der Waals surface area contributed by atoms with Crippen LogP contribution in [0.15, 0.2) is 0 Å². The Balaban J connectivity index is 4.07. The minimum Gasteiger partial charge on any atom is -0.407 e. The number of hydrogen-bond donors (Lipinski definition) is 0. The van der Waals surface area contributed by atoms with Crippen molar-refractivity contribution in [3.63, 3.8) is 0 Å². The first-order chi connectivity index (χ1) is 8.62. The van der Waals surface area contributed by atoms with Crippen LogP contribution in [0.25, 0.3) is 0 Å². The third-order valence-electron chi connectivity index (χ3n) is 4.26. The van der Waals surface area contributed by atoms with Crippen LogP contribution < -0.4 is 0 Å². The van der Waals surface area contributed by atoms with Gasteiger partial charge < -0.3 is 4.43 Å². The molecule has 0 saturated carbocycles. The molecule has 0 saturated heterocycles. The molecule has 0 heterocycles. The Morgan fingerprint density at radius 1 is 1.11 bits per heavy atom. The maximum Gasteiger partial charge on any atom is 0.193 e. The SMILES string of the molecule is CCCCCCCC(=O)[C@H](C)O[Si](C)(C)C(C)(C)C. The number of Topliss-reactive ketones (excluding diaryl/α,β-unsaturated/α-hetero) is 1. The van der Waals surface area contributed by atoms with E-state index in [0.29, 0.717) is 6.42 Å². The number of carbonyl (C=O) groups excluding carboxylic acids is 1. The van der Waals surface area contributed by atoms with E-state index in [0.717, 1.165) is 6.42 Å². The van der Waals surface area contributed by atoms with Crippen LogP contribution in [0.3, 0.4) is 0 Å². The normalized spacial score (nSPS) is 14.5. The Hall–Kier alpha value is -0.153. The van der Waals surface area contributed by atoms with E-state index in [1.54, 1.807) is 0 Å². The highest BCUT2D eigenvalue weighted by Gasteiger charge is 2.39. The van der Waals surface area contributed by atoms with E-state index in [-0.39, 0.29) is 16.9 Å². The smallest absolute Gasteiger partial charge is 0.193 e. The molecule has 0 aliphatic rings. The summed E-state index contributed by atoms with van der Waals surface area (Å²) < 4.78 is 6.13. The summed E-state index contributed by atoms with van der Waals surface area (Å²) in [5.74, 6) is 0.279. The average Bonchev–Trinajstić information content (AvgIpc) is 2.26. The van der Waals surface area contributed by atoms with Gasteiger partial charge in [0, 0.05) is 6.42 Å². The lowest BCUT2D eigenvalue weighted by molar-refractivity contribution is -0.125. The second-order valence-corrected chi connectivity index (χ2v) is 11.9. The summed E-state index contributed by atoms with van der Waals surface area (Å²) in [5.41, 5.74) is 0. The van der Waals surface area contributed by atoms with Gasteiger partial charge in [-0.3, -0.25) is 4.79 Å². The van der Waals surface area contributed by atoms with Gasteiger partial charge in [-0.15, -0.1) is 0 Å². The zero-order valence-electron chi connectivity index (χ0n) is 14.1. The van der Waals surface area contributed by atoms with Crippen LogP contribution in [-0.2, 0) is 9.22 Å². The summed E-state index contributed by atoms with van der Waals surface area (Å²) in [4.78, 5) is 12.1. The number of rotatable bonds is 9. The van der Waals surface area contributed by atoms with Gasteiger partial charge in [-0.1, -0.05) is 53.4 Å². The molecule has 0 aliphatic heterocycles. The molecule has 3 heteroatoms. The Morgan fingerprint density at radius 2 is 1.63 bits per heavy atom. The molecule has 0 aromatic carbocycles. The first-order valence-corrected chi connectivity index (χ1v) is 10.7. The third kappa shape index (κ3) is 7.26. The zero-order valence-corrected chi connectivity index (χ0v) is 15.1. The molecule has 0 aromatic heterocycles. The van der Waals surface area contributed by atoms with Crippen LogP contribution in [0.4, 0.5) is 0 Å². The number of unbranched alkanes of at least 4 members (excludes halogenated alkanes) is 4. The largest absolute Gasteiger partial charge is 0.407 e. The van der Waals surface area contributed by atoms with Gasteiger partial charge in [-0.25, -0.2) is 0 Å². The predicted molar refractivity (Wildman–Crippen MR) is 86.1 cm³/mol. The van der Waals surface area contributed by atoms with Gasteiger partial charge in [0.25, 0.3) is 0 Å². The molecule has 0 bridgehead atoms. The standard InChI is InChI=1S/C16H34O2Si/c1-8-9-10-11-12-13-15(17)14(2)18-19(6,7)16(3,4)5/h14H,8-13H2,1-7H3/t14-/m0/s1. The van der Waals surface area contributed by atoms with Crippen molar-refractivity contribution in [2.75, 3.05) is 0 Å². The van der Waals surface area contributed by atoms with Gasteiger partial charge in [0.05, 0.1) is 0 Å². The number of carbonyl (C=O) groups is 1. The molecular formula is C16H34O2Si. The fourth-order valence-corrected chi connectivity index (χ4v) is 3.16. The lowest BCUT2D eigenvalue weighted by Gasteiger charge is -2.38. The maximum atomic E-state index is 12.1. The number of ketones is 1. The summed E-state index contributed by atoms with van der Waals surface area (Å²) in [5, 5.41) is 0.169. The molecule has 114 valence electrons. The van der Waals surface area contributed by atoms with Crippen LogP contribution in [0.5, 0.6) is 0 Å². The van der Waals surface area contributed by atoms with E-state index >= 15 is 0 Å². The molecule has 2 nitrogen and oxygen atoms in total. The monoisotopic (exact) mass is 286 g/mol. The first kappa shape index (κ1) is 18.8. The molecule has 0 N–H and O–H groups in total. The first-order valence-electron chi connectivity index (χ1n) is 7.82. The van der Waals surface area contributed by atoms with Gasteiger partial charge in [-0.2, -0.15) is 0 Å². The van der Waals surface area contributed by atoms with Crippen LogP contribution in [0.2, 0.25) is 18.1 Å². The van der Waals surface area contributed by atoms with Gasteiger partial charge in [-0.05, 0) is 31.5 Å². The van der Waals surface area contributed by atoms with Crippen molar-refractivity contribution in [2.24, 2.45) is 0 Å². The minimum absolute atomic E-state index is 0.169. The van der Waals surface area contributed by atoms with E-state index < -0.39 is 8.32 Å². The average molecular weight is 287 g/mol. The Bertz CT molecular complexity index is 266. The Kier molecular flexibility index (Phi) is 8.14. The fourth-order valence-electron chi connectivity index (χ4n) is 1.79. The highest BCUT2D eigenvalue weighted by molar-refractivity contribution is 6.74. The van der Waals surface area contributed by atoms with Crippen molar-refractivity contribution in [3.05, 3.63) is 0 Å². The summed E-state index contributed by atoms with van der Waals surface area (Å²) in [7, 11) is -1.81. The highest BCUT2D eigenvalue weighted by Crippen LogP contribution is 2.37. The summed E-state index contributed by atoms with van der Waals surface area (Å²) in [6.07, 6.45) is 6.42. The van der Waals surface area contributed by atoms with Crippen LogP contribution in [0.1, 0.15) is 73.1 Å². The van der Waals surface area contributed by atoms with E-state index in [9.17, 15) is 4.79 Å². The molecule has 0 radical (unpaired) electrons. The fraction of sp³-hybridized carbons (Fsp3) is 0.938. The molecule has 0 amide bonds. The van der Waals surface area contributed by atoms with Gasteiger partial charge in [0.1, 0.15) is 6.10 Å². The van der Waals surface area contributed by atoms with Crippen molar-refractivity contribution in [3.8, 4) is 0 Å². The van der Waals surface area contributed by atoms with Crippen LogP contribution in [0, 0.1) is 0 Å². The molecule has 1 atom stereocenters. The second kappa shape index (κ2) is 8.20. The van der Waals surface area contributed by atoms with Crippen molar-refractivity contribution in [2.45, 2.75) is 97.4 Å². The summed E-state index contributed by atoms with van der Waals surface area (Å²) >= 11 is 0. The lowest BCUT2D eigenvalue weighted by atomic mass is 10.1. The lowest BCUT2D eigenvalue weighted by Crippen LogP contribution is -2.45. The van der Waals surface area contributed by atoms with Gasteiger partial charge in [0.2, 0.25) is 0 Å². The third-order valence-corrected chi connectivity index (χ3v) is 8.81. The minimum atomic E-state index is -1.81. The molecular weight excluding hydrogens is 252 g/mol. The topological polar surface area (TPSA) is 26.3 Å². The summed E-state index contributed by atoms with van der Waals surface area (Å²) in [6.45, 7) is 15.2. The molecule has 0 aromatic rings. The Morgan fingerprint density at radius 3 is 2.11 bits per heavy atom. The van der Waals surface area contributed by atoms with Gasteiger partial charge in [0.15, 0.2) is 14.1 Å². The van der Waals surface area contributed by atoms with E-state index in [4.69, 9.17) is 4.43 Å². The highest BCUT2D eigenvalue weighted by atomic mass is 28.4. The van der Waals surface area contributed by atoms with E-state index in [2.05, 4.69) is 40.8 Å². The number of hydrogen-bond acceptors (Lipinski definition) is 2. The molecule has 0 fully saturated rings. The molecule has 19 heavy (non-hydrogen) atoms. The van der Waals surface area contributed by atoms with Crippen molar-refractivity contribution < 1.29 is 9.22 Å². The molecule has 0 spiro atoms. The molecule has 0 aliphatic carbocycles. The quantitative estimate of drug-likeness (QED) is 0.423. The van der Waals surface area contributed by atoms with Crippen LogP contribution >= 0.6 is 0 Å². The zero-order chi connectivity index (χ0) is 15.1. The molecule has 0 rings (SSSR count). The van der Waals surface area contributed by atoms with Gasteiger partial charge >= 0.3 is 0 Å². The van der Waals surface area contributed by atoms with Crippen molar-refractivity contribution in [1.29, 1.82) is 0 Å². The van der Waals surface area contributed by atoms with E-state index in [1.165, 1.54) is 25.7 Å². The van der Waals surface area contributed by atoms with Crippen molar-refractivity contribution >= 4 is 14.1 Å². The molecule has 0 unspecified atom stereocenters. The predicted octanol–water partition coefficient (Wildman–Crippen LogP) is 5.33. The van der Waals surface area contributed by atoms with Crippen LogP contribution in [-0.4, -0.2) is 20.2 Å². The summed E-state index contributed by atoms with van der Waals surface area (Å²) in [6, 6.07) is 0. The second-order valence-electron chi connectivity index (χ2n) is 7.15. The van der Waals surface area contributed by atoms with Crippen molar-refractivity contribution in [1.82, 2.24) is 0 Å². The van der Waals surface area contributed by atoms with E-state index in [1.807, 2.05) is 6.92 Å². The maximum absolute atomic E-state index is 12.1.